The zero-order valence-corrected chi connectivity index (χ0v) is 32.6. The van der Waals surface area contributed by atoms with Crippen LogP contribution in [0.1, 0.15) is 47.5 Å². The summed E-state index contributed by atoms with van der Waals surface area (Å²) in [6.45, 7) is 6.43. The summed E-state index contributed by atoms with van der Waals surface area (Å²) < 4.78 is 180. The molecule has 7 atom stereocenters. The average Bonchev–Trinajstić information content (AvgIpc) is 3.36. The van der Waals surface area contributed by atoms with Gasteiger partial charge in [0.25, 0.3) is 11.2 Å². The molecule has 7 unspecified atom stereocenters. The molecule has 1 heterocycles. The Morgan fingerprint density at radius 1 is 0.636 bits per heavy atom. The molecule has 2 bridgehead atoms. The summed E-state index contributed by atoms with van der Waals surface area (Å²) in [5, 5.41) is 0. The molecule has 3 fully saturated rings. The second kappa shape index (κ2) is 11.5. The summed E-state index contributed by atoms with van der Waals surface area (Å²) in [5.41, 5.74) is -13.9. The maximum atomic E-state index is 14.6. The topological polar surface area (TPSA) is 18.5 Å². The van der Waals surface area contributed by atoms with E-state index in [1.807, 2.05) is 0 Å². The molecule has 3 aliphatic rings. The highest BCUT2D eigenvalue weighted by atomic mass is 80.0. The molecule has 44 heavy (non-hydrogen) atoms. The van der Waals surface area contributed by atoms with E-state index in [1.165, 1.54) is 6.92 Å². The van der Waals surface area contributed by atoms with E-state index in [0.29, 0.717) is 0 Å². The summed E-state index contributed by atoms with van der Waals surface area (Å²) in [6.07, 6.45) is -27.0. The molecule has 0 spiro atoms. The largest absolute Gasteiger partial charge is 0.426 e. The molecule has 0 aromatic heterocycles. The van der Waals surface area contributed by atoms with Gasteiger partial charge in [-0.2, -0.15) is 52.7 Å². The summed E-state index contributed by atoms with van der Waals surface area (Å²) in [4.78, 5) is 0. The molecular formula is C24H26Br6F12O2. The molecule has 0 amide bonds. The number of ether oxygens (including phenoxy) is 2. The molecule has 0 radical (unpaired) electrons. The highest BCUT2D eigenvalue weighted by Gasteiger charge is 2.92. The molecule has 1 aliphatic heterocycles. The van der Waals surface area contributed by atoms with Crippen molar-refractivity contribution in [2.45, 2.75) is 98.9 Å². The van der Waals surface area contributed by atoms with Gasteiger partial charge >= 0.3 is 24.7 Å². The first-order chi connectivity index (χ1) is 19.1. The van der Waals surface area contributed by atoms with Gasteiger partial charge in [-0.25, -0.2) is 0 Å². The van der Waals surface area contributed by atoms with Gasteiger partial charge in [0, 0.05) is 11.8 Å². The number of fused-ring (bicyclic) bond motifs is 2. The van der Waals surface area contributed by atoms with Crippen LogP contribution < -0.4 is 0 Å². The van der Waals surface area contributed by atoms with Gasteiger partial charge in [0.1, 0.15) is 5.60 Å². The Balaban J connectivity index is 2.30. The van der Waals surface area contributed by atoms with Crippen LogP contribution in [0.25, 0.3) is 0 Å². The number of alkyl halides is 18. The van der Waals surface area contributed by atoms with E-state index in [-0.39, 0.29) is 19.8 Å². The lowest BCUT2D eigenvalue weighted by Gasteiger charge is -2.56. The third-order valence-electron chi connectivity index (χ3n) is 9.38. The maximum Gasteiger partial charge on any atom is 0.426 e. The van der Waals surface area contributed by atoms with Crippen molar-refractivity contribution in [3.8, 4) is 0 Å². The fourth-order valence-corrected chi connectivity index (χ4v) is 14.6. The van der Waals surface area contributed by atoms with E-state index in [4.69, 9.17) is 4.74 Å². The summed E-state index contributed by atoms with van der Waals surface area (Å²) in [7, 11) is 0. The third kappa shape index (κ3) is 5.83. The zero-order chi connectivity index (χ0) is 34.9. The van der Waals surface area contributed by atoms with E-state index >= 15 is 0 Å². The van der Waals surface area contributed by atoms with Crippen molar-refractivity contribution in [2.75, 3.05) is 0 Å². The van der Waals surface area contributed by atoms with Crippen LogP contribution in [0.4, 0.5) is 52.7 Å². The Morgan fingerprint density at radius 2 is 1.02 bits per heavy atom. The molecule has 0 N–H and O–H groups in total. The van der Waals surface area contributed by atoms with Crippen LogP contribution in [0.2, 0.25) is 0 Å². The molecule has 20 heteroatoms. The molecule has 0 aromatic carbocycles. The number of hydrogen-bond acceptors (Lipinski definition) is 2. The van der Waals surface area contributed by atoms with E-state index in [9.17, 15) is 52.7 Å². The smallest absolute Gasteiger partial charge is 0.363 e. The van der Waals surface area contributed by atoms with Crippen molar-refractivity contribution in [1.82, 2.24) is 0 Å². The van der Waals surface area contributed by atoms with Crippen LogP contribution in [0.3, 0.4) is 0 Å². The van der Waals surface area contributed by atoms with Gasteiger partial charge in [-0.15, -0.1) is 0 Å². The van der Waals surface area contributed by atoms with Crippen LogP contribution in [0, 0.1) is 41.4 Å². The number of rotatable bonds is 3. The number of halogens is 18. The van der Waals surface area contributed by atoms with Crippen molar-refractivity contribution in [3.63, 3.8) is 0 Å². The minimum absolute atomic E-state index is 0.0854. The Morgan fingerprint density at radius 3 is 1.32 bits per heavy atom. The third-order valence-corrected chi connectivity index (χ3v) is 12.9. The van der Waals surface area contributed by atoms with E-state index in [1.54, 1.807) is 20.8 Å². The van der Waals surface area contributed by atoms with Crippen LogP contribution in [-0.2, 0) is 9.47 Å². The van der Waals surface area contributed by atoms with Gasteiger partial charge in [0.15, 0.2) is 4.29 Å². The monoisotopic (exact) mass is 1050 g/mol. The van der Waals surface area contributed by atoms with E-state index < -0.39 is 92.8 Å². The summed E-state index contributed by atoms with van der Waals surface area (Å²) >= 11 is 20.8. The Hall–Kier alpha value is 1.96. The predicted octanol–water partition coefficient (Wildman–Crippen LogP) is 12.1. The summed E-state index contributed by atoms with van der Waals surface area (Å²) in [6, 6.07) is 0. The van der Waals surface area contributed by atoms with Gasteiger partial charge < -0.3 is 9.47 Å². The lowest BCUT2D eigenvalue weighted by Crippen LogP contribution is -2.66. The van der Waals surface area contributed by atoms with Gasteiger partial charge in [-0.05, 0) is 63.2 Å². The molecule has 2 aliphatic carbocycles. The second-order valence-corrected chi connectivity index (χ2v) is 26.3. The van der Waals surface area contributed by atoms with Crippen molar-refractivity contribution in [1.29, 1.82) is 0 Å². The maximum absolute atomic E-state index is 14.6. The Labute approximate surface area is 296 Å². The molecule has 0 aromatic rings. The fraction of sp³-hybridized carbons (Fsp3) is 1.00. The first-order valence-corrected chi connectivity index (χ1v) is 17.6. The van der Waals surface area contributed by atoms with Crippen molar-refractivity contribution in [2.24, 2.45) is 41.4 Å². The van der Waals surface area contributed by atoms with Gasteiger partial charge in [-0.3, -0.25) is 0 Å². The predicted molar refractivity (Wildman–Crippen MR) is 158 cm³/mol. The molecule has 260 valence electrons. The highest BCUT2D eigenvalue weighted by molar-refractivity contribution is 9.41. The van der Waals surface area contributed by atoms with Gasteiger partial charge in [0.05, 0.1) is 5.60 Å². The average molecular weight is 1050 g/mol. The van der Waals surface area contributed by atoms with E-state index in [0.717, 1.165) is 0 Å². The quantitative estimate of drug-likeness (QED) is 0.207. The molecule has 2 saturated carbocycles. The first kappa shape index (κ1) is 40.4. The van der Waals surface area contributed by atoms with Crippen molar-refractivity contribution < 1.29 is 62.2 Å². The fourth-order valence-electron chi connectivity index (χ4n) is 8.14. The van der Waals surface area contributed by atoms with Crippen LogP contribution in [-0.4, -0.2) is 51.4 Å². The van der Waals surface area contributed by atoms with Gasteiger partial charge in [0.2, 0.25) is 0 Å². The van der Waals surface area contributed by atoms with E-state index in [2.05, 4.69) is 100 Å². The molecular weight excluding hydrogens is 1030 g/mol. The number of hydrogen-bond donors (Lipinski definition) is 0. The zero-order valence-electron chi connectivity index (χ0n) is 23.1. The second-order valence-electron chi connectivity index (χ2n) is 12.8. The lowest BCUT2D eigenvalue weighted by atomic mass is 9.59. The lowest BCUT2D eigenvalue weighted by molar-refractivity contribution is -0.449. The Bertz CT molecular complexity index is 1040. The molecule has 1 saturated heterocycles. The van der Waals surface area contributed by atoms with Crippen molar-refractivity contribution >= 4 is 95.6 Å². The Kier molecular flexibility index (Phi) is 10.5. The van der Waals surface area contributed by atoms with Gasteiger partial charge in [-0.1, -0.05) is 109 Å². The SMILES string of the molecule is CC1C2CC(CC2C(OC(C)(C)C)(C(Br)(Br)Br)C(Br)(Br)Br)C1C1C(C)C(C(F)(F)F)(C(F)(F)F)OC1(C(F)(F)F)C(F)(F)F. The van der Waals surface area contributed by atoms with Crippen LogP contribution in [0.5, 0.6) is 0 Å². The standard InChI is InChI=1S/C24H26Br6F12O2/c1-8-11-6-10(7-12(11)17(19(25,26)27,20(28,29)30)43-15(3,4)5)13(8)14-9(2)16(21(31,32)33,22(34,35)36)44-18(14,23(37,38)39)24(40,41)42/h8-14H,6-7H2,1-5H3. The minimum Gasteiger partial charge on any atom is -0.363 e. The molecule has 3 rings (SSSR count). The normalized spacial score (nSPS) is 33.8. The van der Waals surface area contributed by atoms with Crippen molar-refractivity contribution in [3.05, 3.63) is 0 Å². The molecule has 2 nitrogen and oxygen atoms in total. The summed E-state index contributed by atoms with van der Waals surface area (Å²) in [5.74, 6) is -12.4. The highest BCUT2D eigenvalue weighted by Crippen LogP contribution is 2.75. The first-order valence-electron chi connectivity index (χ1n) is 12.9. The van der Waals surface area contributed by atoms with Crippen LogP contribution >= 0.6 is 95.6 Å². The van der Waals surface area contributed by atoms with Crippen LogP contribution in [0.15, 0.2) is 0 Å². The minimum atomic E-state index is -6.68.